The number of nitrogen functional groups attached to an aromatic ring is 1. The number of aromatic nitrogens is 1. The molecule has 3 nitrogen and oxygen atoms in total. The van der Waals surface area contributed by atoms with Crippen molar-refractivity contribution in [3.63, 3.8) is 0 Å². The maximum atomic E-state index is 5.59. The Morgan fingerprint density at radius 2 is 2.23 bits per heavy atom. The van der Waals surface area contributed by atoms with E-state index in [2.05, 4.69) is 16.8 Å². The Morgan fingerprint density at radius 3 is 2.77 bits per heavy atom. The molecule has 1 aromatic rings. The van der Waals surface area contributed by atoms with Crippen LogP contribution < -0.4 is 10.6 Å². The highest BCUT2D eigenvalue weighted by Gasteiger charge is 2.17. The van der Waals surface area contributed by atoms with Crippen LogP contribution in [0.15, 0.2) is 5.38 Å². The molecule has 1 saturated heterocycles. The molecule has 0 bridgehead atoms. The van der Waals surface area contributed by atoms with Crippen LogP contribution >= 0.6 is 11.3 Å². The van der Waals surface area contributed by atoms with Gasteiger partial charge in [-0.3, -0.25) is 0 Å². The lowest BCUT2D eigenvalue weighted by atomic mass is 9.99. The third kappa shape index (κ3) is 1.94. The molecule has 1 aromatic heterocycles. The molecule has 2 heterocycles. The fraction of sp³-hybridized carbons (Fsp3) is 0.667. The molecule has 1 fully saturated rings. The van der Waals surface area contributed by atoms with Crippen molar-refractivity contribution < 1.29 is 0 Å². The van der Waals surface area contributed by atoms with Gasteiger partial charge in [-0.1, -0.05) is 6.92 Å². The molecular formula is C9H15N3S. The monoisotopic (exact) mass is 197 g/mol. The standard InChI is InChI=1S/C9H15N3S/c1-7-2-4-12(5-3-7)8-6-13-9(10)11-8/h6-7H,2-5H2,1H3,(H2,10,11). The summed E-state index contributed by atoms with van der Waals surface area (Å²) in [5.41, 5.74) is 5.59. The van der Waals surface area contributed by atoms with Crippen LogP contribution in [0.25, 0.3) is 0 Å². The summed E-state index contributed by atoms with van der Waals surface area (Å²) < 4.78 is 0. The van der Waals surface area contributed by atoms with Crippen molar-refractivity contribution in [1.82, 2.24) is 4.98 Å². The second kappa shape index (κ2) is 3.54. The maximum absolute atomic E-state index is 5.59. The normalized spacial score (nSPS) is 19.3. The molecule has 0 radical (unpaired) electrons. The summed E-state index contributed by atoms with van der Waals surface area (Å²) >= 11 is 1.52. The quantitative estimate of drug-likeness (QED) is 0.748. The minimum atomic E-state index is 0.675. The van der Waals surface area contributed by atoms with Crippen LogP contribution in [0.5, 0.6) is 0 Å². The largest absolute Gasteiger partial charge is 0.375 e. The van der Waals surface area contributed by atoms with Crippen LogP contribution in [-0.2, 0) is 0 Å². The summed E-state index contributed by atoms with van der Waals surface area (Å²) in [5.74, 6) is 1.93. The van der Waals surface area contributed by atoms with Gasteiger partial charge < -0.3 is 10.6 Å². The van der Waals surface area contributed by atoms with Crippen molar-refractivity contribution in [3.8, 4) is 0 Å². The fourth-order valence-corrected chi connectivity index (χ4v) is 2.24. The van der Waals surface area contributed by atoms with Gasteiger partial charge in [0, 0.05) is 18.5 Å². The zero-order valence-electron chi connectivity index (χ0n) is 7.86. The first kappa shape index (κ1) is 8.81. The average Bonchev–Trinajstić information content (AvgIpc) is 2.53. The van der Waals surface area contributed by atoms with E-state index in [1.165, 1.54) is 24.2 Å². The van der Waals surface area contributed by atoms with Gasteiger partial charge in [0.1, 0.15) is 5.82 Å². The van der Waals surface area contributed by atoms with E-state index in [-0.39, 0.29) is 0 Å². The van der Waals surface area contributed by atoms with Crippen molar-refractivity contribution in [2.45, 2.75) is 19.8 Å². The van der Waals surface area contributed by atoms with Gasteiger partial charge in [-0.05, 0) is 18.8 Å². The first-order valence-electron chi connectivity index (χ1n) is 4.71. The van der Waals surface area contributed by atoms with Crippen LogP contribution in [0, 0.1) is 5.92 Å². The summed E-state index contributed by atoms with van der Waals surface area (Å²) in [4.78, 5) is 6.61. The Kier molecular flexibility index (Phi) is 2.40. The number of hydrogen-bond donors (Lipinski definition) is 1. The van der Waals surface area contributed by atoms with E-state index in [0.717, 1.165) is 24.8 Å². The minimum absolute atomic E-state index is 0.675. The van der Waals surface area contributed by atoms with Gasteiger partial charge in [0.15, 0.2) is 5.13 Å². The Morgan fingerprint density at radius 1 is 1.54 bits per heavy atom. The van der Waals surface area contributed by atoms with Crippen LogP contribution in [-0.4, -0.2) is 18.1 Å². The highest BCUT2D eigenvalue weighted by Crippen LogP contribution is 2.24. The summed E-state index contributed by atoms with van der Waals surface area (Å²) in [7, 11) is 0. The maximum Gasteiger partial charge on any atom is 0.182 e. The number of hydrogen-bond acceptors (Lipinski definition) is 4. The Hall–Kier alpha value is -0.770. The van der Waals surface area contributed by atoms with Gasteiger partial charge in [0.25, 0.3) is 0 Å². The zero-order valence-corrected chi connectivity index (χ0v) is 8.68. The van der Waals surface area contributed by atoms with Crippen molar-refractivity contribution in [2.75, 3.05) is 23.7 Å². The molecule has 72 valence electrons. The molecule has 0 aliphatic carbocycles. The summed E-state index contributed by atoms with van der Waals surface area (Å²) in [6, 6.07) is 0. The first-order valence-corrected chi connectivity index (χ1v) is 5.59. The first-order chi connectivity index (χ1) is 6.25. The smallest absolute Gasteiger partial charge is 0.182 e. The van der Waals surface area contributed by atoms with Gasteiger partial charge in [-0.25, -0.2) is 4.98 Å². The predicted octanol–water partition coefficient (Wildman–Crippen LogP) is 1.96. The van der Waals surface area contributed by atoms with Crippen molar-refractivity contribution in [2.24, 2.45) is 5.92 Å². The molecule has 2 rings (SSSR count). The zero-order chi connectivity index (χ0) is 9.26. The lowest BCUT2D eigenvalue weighted by Gasteiger charge is -2.30. The van der Waals surface area contributed by atoms with E-state index in [9.17, 15) is 0 Å². The predicted molar refractivity (Wildman–Crippen MR) is 57.1 cm³/mol. The van der Waals surface area contributed by atoms with Gasteiger partial charge in [0.05, 0.1) is 0 Å². The van der Waals surface area contributed by atoms with Crippen LogP contribution in [0.2, 0.25) is 0 Å². The number of nitrogens with two attached hydrogens (primary N) is 1. The molecule has 0 saturated carbocycles. The summed E-state index contributed by atoms with van der Waals surface area (Å²) in [6.07, 6.45) is 2.55. The highest BCUT2D eigenvalue weighted by molar-refractivity contribution is 7.13. The molecule has 0 unspecified atom stereocenters. The van der Waals surface area contributed by atoms with Crippen molar-refractivity contribution >= 4 is 22.3 Å². The highest BCUT2D eigenvalue weighted by atomic mass is 32.1. The van der Waals surface area contributed by atoms with Crippen molar-refractivity contribution in [3.05, 3.63) is 5.38 Å². The molecule has 1 aliphatic rings. The van der Waals surface area contributed by atoms with Gasteiger partial charge in [0.2, 0.25) is 0 Å². The molecule has 0 atom stereocenters. The van der Waals surface area contributed by atoms with Crippen LogP contribution in [0.1, 0.15) is 19.8 Å². The Bertz CT molecular complexity index is 276. The van der Waals surface area contributed by atoms with E-state index >= 15 is 0 Å². The number of rotatable bonds is 1. The van der Waals surface area contributed by atoms with E-state index in [1.54, 1.807) is 0 Å². The molecule has 0 aromatic carbocycles. The van der Waals surface area contributed by atoms with Crippen molar-refractivity contribution in [1.29, 1.82) is 0 Å². The second-order valence-corrected chi connectivity index (χ2v) is 4.60. The minimum Gasteiger partial charge on any atom is -0.375 e. The van der Waals surface area contributed by atoms with Crippen LogP contribution in [0.3, 0.4) is 0 Å². The second-order valence-electron chi connectivity index (χ2n) is 3.71. The average molecular weight is 197 g/mol. The Balaban J connectivity index is 2.02. The van der Waals surface area contributed by atoms with E-state index in [1.807, 2.05) is 5.38 Å². The lowest BCUT2D eigenvalue weighted by molar-refractivity contribution is 0.437. The lowest BCUT2D eigenvalue weighted by Crippen LogP contribution is -2.32. The van der Waals surface area contributed by atoms with Gasteiger partial charge in [-0.2, -0.15) is 0 Å². The van der Waals surface area contributed by atoms with Gasteiger partial charge >= 0.3 is 0 Å². The molecule has 13 heavy (non-hydrogen) atoms. The van der Waals surface area contributed by atoms with Gasteiger partial charge in [-0.15, -0.1) is 11.3 Å². The third-order valence-electron chi connectivity index (χ3n) is 2.62. The van der Waals surface area contributed by atoms with E-state index in [4.69, 9.17) is 5.73 Å². The fourth-order valence-electron chi connectivity index (χ4n) is 1.66. The SMILES string of the molecule is CC1CCN(c2csc(N)n2)CC1. The number of anilines is 2. The van der Waals surface area contributed by atoms with E-state index < -0.39 is 0 Å². The van der Waals surface area contributed by atoms with E-state index in [0.29, 0.717) is 5.13 Å². The Labute approximate surface area is 82.6 Å². The molecule has 1 aliphatic heterocycles. The molecular weight excluding hydrogens is 182 g/mol. The number of nitrogens with zero attached hydrogens (tertiary/aromatic N) is 2. The summed E-state index contributed by atoms with van der Waals surface area (Å²) in [5, 5.41) is 2.72. The molecule has 4 heteroatoms. The topological polar surface area (TPSA) is 42.1 Å². The summed E-state index contributed by atoms with van der Waals surface area (Å²) in [6.45, 7) is 4.57. The molecule has 0 amide bonds. The molecule has 0 spiro atoms. The molecule has 2 N–H and O–H groups in total. The van der Waals surface area contributed by atoms with Crippen LogP contribution in [0.4, 0.5) is 10.9 Å². The number of piperidine rings is 1. The number of thiazole rings is 1. The third-order valence-corrected chi connectivity index (χ3v) is 3.28.